The fraction of sp³-hybridized carbons (Fsp3) is 0.273. The summed E-state index contributed by atoms with van der Waals surface area (Å²) in [5, 5.41) is 13.0. The summed E-state index contributed by atoms with van der Waals surface area (Å²) in [5.74, 6) is 0.218. The maximum Gasteiger partial charge on any atom is 0.150 e. The Bertz CT molecular complexity index is 507. The van der Waals surface area contributed by atoms with Crippen molar-refractivity contribution in [3.05, 3.63) is 35.1 Å². The molecule has 0 amide bonds. The molecule has 3 nitrogen and oxygen atoms in total. The van der Waals surface area contributed by atoms with Crippen LogP contribution in [0.3, 0.4) is 0 Å². The zero-order valence-electron chi connectivity index (χ0n) is 8.48. The molecular weight excluding hydrogens is 225 g/mol. The predicted octanol–water partition coefficient (Wildman–Crippen LogP) is 2.03. The zero-order valence-corrected chi connectivity index (χ0v) is 9.30. The van der Waals surface area contributed by atoms with Crippen molar-refractivity contribution in [2.24, 2.45) is 0 Å². The zero-order chi connectivity index (χ0) is 11.0. The Kier molecular flexibility index (Phi) is 2.41. The molecule has 0 atom stereocenters. The van der Waals surface area contributed by atoms with Crippen LogP contribution < -0.4 is 5.32 Å². The first-order valence-electron chi connectivity index (χ1n) is 5.13. The van der Waals surface area contributed by atoms with Crippen LogP contribution in [0.15, 0.2) is 24.3 Å². The number of aromatic nitrogens is 2. The molecule has 82 valence electrons. The van der Waals surface area contributed by atoms with Gasteiger partial charge in [-0.2, -0.15) is 0 Å². The lowest BCUT2D eigenvalue weighted by molar-refractivity contribution is 0.444. The SMILES string of the molecule is Fc1ccccc1-c1nnc(C2CNC2)s1. The van der Waals surface area contributed by atoms with E-state index >= 15 is 0 Å². The average molecular weight is 235 g/mol. The molecule has 1 aliphatic heterocycles. The van der Waals surface area contributed by atoms with Crippen LogP contribution in [0.5, 0.6) is 0 Å². The van der Waals surface area contributed by atoms with Crippen molar-refractivity contribution in [3.63, 3.8) is 0 Å². The second-order valence-corrected chi connectivity index (χ2v) is 4.79. The summed E-state index contributed by atoms with van der Waals surface area (Å²) in [7, 11) is 0. The van der Waals surface area contributed by atoms with Crippen LogP contribution in [0.2, 0.25) is 0 Å². The van der Waals surface area contributed by atoms with E-state index < -0.39 is 0 Å². The number of hydrogen-bond acceptors (Lipinski definition) is 4. The highest BCUT2D eigenvalue weighted by molar-refractivity contribution is 7.14. The Balaban J connectivity index is 1.95. The van der Waals surface area contributed by atoms with Crippen LogP contribution in [0.1, 0.15) is 10.9 Å². The molecule has 1 fully saturated rings. The third kappa shape index (κ3) is 1.62. The standard InChI is InChI=1S/C11H10FN3S/c12-9-4-2-1-3-8(9)11-15-14-10(16-11)7-5-13-6-7/h1-4,7,13H,5-6H2. The molecule has 0 radical (unpaired) electrons. The summed E-state index contributed by atoms with van der Waals surface area (Å²) in [4.78, 5) is 0. The molecule has 0 aliphatic carbocycles. The van der Waals surface area contributed by atoms with E-state index in [0.29, 0.717) is 16.5 Å². The van der Waals surface area contributed by atoms with Gasteiger partial charge in [0.25, 0.3) is 0 Å². The lowest BCUT2D eigenvalue weighted by Crippen LogP contribution is -2.39. The molecule has 3 rings (SSSR count). The topological polar surface area (TPSA) is 37.8 Å². The summed E-state index contributed by atoms with van der Waals surface area (Å²) < 4.78 is 13.5. The van der Waals surface area contributed by atoms with E-state index in [-0.39, 0.29) is 5.82 Å². The molecule has 0 bridgehead atoms. The summed E-state index contributed by atoms with van der Waals surface area (Å²) >= 11 is 1.48. The van der Waals surface area contributed by atoms with Crippen LogP contribution in [-0.2, 0) is 0 Å². The number of nitrogens with zero attached hydrogens (tertiary/aromatic N) is 2. The highest BCUT2D eigenvalue weighted by Crippen LogP contribution is 2.30. The van der Waals surface area contributed by atoms with Gasteiger partial charge in [-0.3, -0.25) is 0 Å². The minimum atomic E-state index is -0.239. The van der Waals surface area contributed by atoms with Gasteiger partial charge in [0.05, 0.1) is 0 Å². The van der Waals surface area contributed by atoms with Gasteiger partial charge in [0.1, 0.15) is 10.8 Å². The van der Waals surface area contributed by atoms with E-state index in [4.69, 9.17) is 0 Å². The Morgan fingerprint density at radius 3 is 2.75 bits per heavy atom. The van der Waals surface area contributed by atoms with E-state index in [2.05, 4.69) is 15.5 Å². The van der Waals surface area contributed by atoms with Gasteiger partial charge in [-0.1, -0.05) is 23.5 Å². The van der Waals surface area contributed by atoms with E-state index in [0.717, 1.165) is 18.1 Å². The Morgan fingerprint density at radius 2 is 2.06 bits per heavy atom. The van der Waals surface area contributed by atoms with Crippen molar-refractivity contribution in [2.75, 3.05) is 13.1 Å². The summed E-state index contributed by atoms with van der Waals surface area (Å²) in [6.07, 6.45) is 0. The molecule has 1 aromatic carbocycles. The molecule has 2 aromatic rings. The highest BCUT2D eigenvalue weighted by Gasteiger charge is 2.23. The van der Waals surface area contributed by atoms with E-state index in [9.17, 15) is 4.39 Å². The number of rotatable bonds is 2. The smallest absolute Gasteiger partial charge is 0.150 e. The first-order chi connectivity index (χ1) is 7.84. The molecule has 5 heteroatoms. The van der Waals surface area contributed by atoms with E-state index in [1.165, 1.54) is 17.4 Å². The van der Waals surface area contributed by atoms with Crippen molar-refractivity contribution in [2.45, 2.75) is 5.92 Å². The maximum absolute atomic E-state index is 13.5. The molecule has 0 spiro atoms. The van der Waals surface area contributed by atoms with Crippen LogP contribution >= 0.6 is 11.3 Å². The van der Waals surface area contributed by atoms with Crippen LogP contribution in [0.4, 0.5) is 4.39 Å². The molecule has 1 aliphatic rings. The van der Waals surface area contributed by atoms with Gasteiger partial charge in [-0.05, 0) is 12.1 Å². The Labute approximate surface area is 96.3 Å². The lowest BCUT2D eigenvalue weighted by atomic mass is 10.1. The monoisotopic (exact) mass is 235 g/mol. The fourth-order valence-corrected chi connectivity index (χ4v) is 2.58. The minimum absolute atomic E-state index is 0.239. The van der Waals surface area contributed by atoms with Crippen molar-refractivity contribution < 1.29 is 4.39 Å². The number of hydrogen-bond donors (Lipinski definition) is 1. The summed E-state index contributed by atoms with van der Waals surface area (Å²) in [5.41, 5.74) is 0.540. The van der Waals surface area contributed by atoms with Crippen molar-refractivity contribution in [3.8, 4) is 10.6 Å². The normalized spacial score (nSPS) is 16.1. The molecule has 1 N–H and O–H groups in total. The molecule has 0 saturated carbocycles. The molecule has 1 saturated heterocycles. The summed E-state index contributed by atoms with van der Waals surface area (Å²) in [6, 6.07) is 6.67. The van der Waals surface area contributed by atoms with Gasteiger partial charge in [0, 0.05) is 24.6 Å². The third-order valence-electron chi connectivity index (χ3n) is 2.68. The van der Waals surface area contributed by atoms with Gasteiger partial charge in [0.15, 0.2) is 5.01 Å². The third-order valence-corrected chi connectivity index (χ3v) is 3.79. The molecular formula is C11H10FN3S. The first kappa shape index (κ1) is 9.86. The van der Waals surface area contributed by atoms with Crippen LogP contribution in [0, 0.1) is 5.82 Å². The minimum Gasteiger partial charge on any atom is -0.315 e. The molecule has 0 unspecified atom stereocenters. The quantitative estimate of drug-likeness (QED) is 0.865. The summed E-state index contributed by atoms with van der Waals surface area (Å²) in [6.45, 7) is 1.90. The van der Waals surface area contributed by atoms with E-state index in [1.807, 2.05) is 6.07 Å². The van der Waals surface area contributed by atoms with Crippen molar-refractivity contribution in [1.82, 2.24) is 15.5 Å². The van der Waals surface area contributed by atoms with Gasteiger partial charge in [-0.25, -0.2) is 4.39 Å². The second kappa shape index (κ2) is 3.92. The maximum atomic E-state index is 13.5. The average Bonchev–Trinajstić information content (AvgIpc) is 2.65. The van der Waals surface area contributed by atoms with Crippen molar-refractivity contribution in [1.29, 1.82) is 0 Å². The second-order valence-electron chi connectivity index (χ2n) is 3.78. The van der Waals surface area contributed by atoms with Crippen LogP contribution in [0.25, 0.3) is 10.6 Å². The molecule has 16 heavy (non-hydrogen) atoms. The van der Waals surface area contributed by atoms with Gasteiger partial charge >= 0.3 is 0 Å². The largest absolute Gasteiger partial charge is 0.315 e. The highest BCUT2D eigenvalue weighted by atomic mass is 32.1. The molecule has 1 aromatic heterocycles. The Hall–Kier alpha value is -1.33. The van der Waals surface area contributed by atoms with Gasteiger partial charge in [-0.15, -0.1) is 10.2 Å². The van der Waals surface area contributed by atoms with Crippen LogP contribution in [-0.4, -0.2) is 23.3 Å². The fourth-order valence-electron chi connectivity index (χ4n) is 1.61. The lowest BCUT2D eigenvalue weighted by Gasteiger charge is -2.23. The van der Waals surface area contributed by atoms with Crippen molar-refractivity contribution >= 4 is 11.3 Å². The Morgan fingerprint density at radius 1 is 1.25 bits per heavy atom. The van der Waals surface area contributed by atoms with Gasteiger partial charge in [0.2, 0.25) is 0 Å². The molecule has 2 heterocycles. The predicted molar refractivity (Wildman–Crippen MR) is 60.9 cm³/mol. The van der Waals surface area contributed by atoms with Gasteiger partial charge < -0.3 is 5.32 Å². The number of halogens is 1. The first-order valence-corrected chi connectivity index (χ1v) is 5.95. The van der Waals surface area contributed by atoms with E-state index in [1.54, 1.807) is 12.1 Å². The number of nitrogens with one attached hydrogen (secondary N) is 1. The number of benzene rings is 1.